The molecule has 0 aliphatic carbocycles. The molecular weight excluding hydrogens is 279 g/mol. The molecule has 1 aromatic carbocycles. The summed E-state index contributed by atoms with van der Waals surface area (Å²) in [5, 5.41) is 0. The van der Waals surface area contributed by atoms with Crippen molar-refractivity contribution in [2.45, 2.75) is 19.3 Å². The summed E-state index contributed by atoms with van der Waals surface area (Å²) < 4.78 is 14.5. The quantitative estimate of drug-likeness (QED) is 0.755. The zero-order valence-corrected chi connectivity index (χ0v) is 12.5. The van der Waals surface area contributed by atoms with Crippen LogP contribution in [0.3, 0.4) is 0 Å². The van der Waals surface area contributed by atoms with Gasteiger partial charge in [-0.15, -0.1) is 0 Å². The van der Waals surface area contributed by atoms with Crippen LogP contribution in [0.2, 0.25) is 0 Å². The van der Waals surface area contributed by atoms with Crippen LogP contribution in [-0.4, -0.2) is 29.7 Å². The Kier molecular flexibility index (Phi) is 3.41. The Morgan fingerprint density at radius 2 is 2.05 bits per heavy atom. The lowest BCUT2D eigenvalue weighted by molar-refractivity contribution is -0.483. The highest BCUT2D eigenvalue weighted by molar-refractivity contribution is 5.73. The fraction of sp³-hybridized carbons (Fsp3) is 0.412. The van der Waals surface area contributed by atoms with Crippen molar-refractivity contribution < 1.29 is 8.79 Å². The number of hydrogen-bond acceptors (Lipinski definition) is 2. The number of hydrogen-bond donors (Lipinski definition) is 1. The summed E-state index contributed by atoms with van der Waals surface area (Å²) >= 11 is 0. The van der Waals surface area contributed by atoms with Gasteiger partial charge in [0, 0.05) is 19.2 Å². The summed E-state index contributed by atoms with van der Waals surface area (Å²) in [4.78, 5) is 10.4. The molecule has 0 unspecified atom stereocenters. The van der Waals surface area contributed by atoms with E-state index < -0.39 is 0 Å². The summed E-state index contributed by atoms with van der Waals surface area (Å²) in [6, 6.07) is 10.3. The predicted octanol–water partition coefficient (Wildman–Crippen LogP) is 2.88. The van der Waals surface area contributed by atoms with Gasteiger partial charge in [-0.3, -0.25) is 4.39 Å². The number of imidazole rings is 1. The molecule has 0 saturated carbocycles. The molecule has 22 heavy (non-hydrogen) atoms. The largest absolute Gasteiger partial charge is 0.403 e. The zero-order chi connectivity index (χ0) is 14.9. The standard InChI is InChI=1S/C17H19FN4/c18-9-5-13-6-10-21(11-7-13)16-8-12-22-15-4-2-1-3-14(15)19-17(22)20-16/h1-4,8,12-13H,5-7,9-11H2/p+1. The maximum atomic E-state index is 12.4. The van der Waals surface area contributed by atoms with Crippen LogP contribution in [0.1, 0.15) is 19.3 Å². The van der Waals surface area contributed by atoms with Crippen LogP contribution >= 0.6 is 0 Å². The van der Waals surface area contributed by atoms with Gasteiger partial charge in [-0.05, 0) is 37.3 Å². The van der Waals surface area contributed by atoms with Gasteiger partial charge in [-0.25, -0.2) is 4.98 Å². The number of H-pyrrole nitrogens is 1. The van der Waals surface area contributed by atoms with E-state index in [1.54, 1.807) is 0 Å². The van der Waals surface area contributed by atoms with Gasteiger partial charge in [0.2, 0.25) is 5.82 Å². The normalized spacial score (nSPS) is 16.7. The van der Waals surface area contributed by atoms with Crippen LogP contribution in [-0.2, 0) is 0 Å². The van der Waals surface area contributed by atoms with Gasteiger partial charge in [0.1, 0.15) is 11.0 Å². The van der Waals surface area contributed by atoms with Crippen molar-refractivity contribution in [3.05, 3.63) is 36.5 Å². The summed E-state index contributed by atoms with van der Waals surface area (Å²) in [5.41, 5.74) is 2.23. The molecule has 4 rings (SSSR count). The maximum Gasteiger partial charge on any atom is 0.403 e. The number of alkyl halides is 1. The number of nitrogens with zero attached hydrogens (tertiary/aromatic N) is 3. The molecule has 5 heteroatoms. The van der Waals surface area contributed by atoms with Crippen molar-refractivity contribution in [3.8, 4) is 0 Å². The molecule has 1 saturated heterocycles. The second kappa shape index (κ2) is 5.55. The van der Waals surface area contributed by atoms with Crippen molar-refractivity contribution in [2.75, 3.05) is 24.7 Å². The molecule has 114 valence electrons. The zero-order valence-electron chi connectivity index (χ0n) is 12.5. The Morgan fingerprint density at radius 1 is 1.23 bits per heavy atom. The first-order valence-corrected chi connectivity index (χ1v) is 7.95. The first-order chi connectivity index (χ1) is 10.8. The number of anilines is 1. The van der Waals surface area contributed by atoms with Crippen molar-refractivity contribution in [3.63, 3.8) is 0 Å². The lowest BCUT2D eigenvalue weighted by atomic mass is 9.94. The van der Waals surface area contributed by atoms with Crippen LogP contribution in [0.15, 0.2) is 36.5 Å². The van der Waals surface area contributed by atoms with Gasteiger partial charge in [0.25, 0.3) is 0 Å². The Bertz CT molecular complexity index is 790. The van der Waals surface area contributed by atoms with Gasteiger partial charge < -0.3 is 4.90 Å². The molecule has 0 bridgehead atoms. The van der Waals surface area contributed by atoms with Crippen LogP contribution in [0.5, 0.6) is 0 Å². The lowest BCUT2D eigenvalue weighted by Crippen LogP contribution is -2.35. The van der Waals surface area contributed by atoms with Crippen LogP contribution in [0.25, 0.3) is 16.8 Å². The number of para-hydroxylation sites is 2. The molecule has 0 spiro atoms. The van der Waals surface area contributed by atoms with E-state index in [-0.39, 0.29) is 6.67 Å². The van der Waals surface area contributed by atoms with E-state index in [2.05, 4.69) is 38.7 Å². The Hall–Kier alpha value is -2.17. The lowest BCUT2D eigenvalue weighted by Gasteiger charge is -2.30. The number of fused-ring (bicyclic) bond motifs is 3. The minimum absolute atomic E-state index is 0.194. The van der Waals surface area contributed by atoms with Gasteiger partial charge >= 0.3 is 5.78 Å². The maximum absolute atomic E-state index is 12.4. The molecule has 2 aromatic heterocycles. The molecule has 1 N–H and O–H groups in total. The molecule has 3 aromatic rings. The van der Waals surface area contributed by atoms with E-state index >= 15 is 0 Å². The third kappa shape index (κ3) is 2.30. The fourth-order valence-electron chi connectivity index (χ4n) is 3.39. The average Bonchev–Trinajstić information content (AvgIpc) is 2.93. The van der Waals surface area contributed by atoms with Crippen LogP contribution in [0, 0.1) is 5.92 Å². The third-order valence-corrected chi connectivity index (χ3v) is 4.69. The first-order valence-electron chi connectivity index (χ1n) is 7.95. The molecule has 0 atom stereocenters. The molecule has 4 nitrogen and oxygen atoms in total. The number of rotatable bonds is 3. The number of nitrogens with one attached hydrogen (secondary N) is 1. The highest BCUT2D eigenvalue weighted by Crippen LogP contribution is 2.24. The molecule has 1 fully saturated rings. The SMILES string of the molecule is FCCC1CCN(c2cc[n+]3c(n2)[nH]c2ccccc23)CC1. The van der Waals surface area contributed by atoms with Crippen molar-refractivity contribution in [1.29, 1.82) is 0 Å². The van der Waals surface area contributed by atoms with E-state index in [0.717, 1.165) is 48.6 Å². The topological polar surface area (TPSA) is 36.0 Å². The van der Waals surface area contributed by atoms with E-state index in [1.807, 2.05) is 12.1 Å². The van der Waals surface area contributed by atoms with Gasteiger partial charge in [0.15, 0.2) is 0 Å². The highest BCUT2D eigenvalue weighted by Gasteiger charge is 2.22. The number of benzene rings is 1. The van der Waals surface area contributed by atoms with Crippen LogP contribution < -0.4 is 9.30 Å². The second-order valence-electron chi connectivity index (χ2n) is 6.03. The minimum atomic E-state index is -0.194. The molecule has 3 heterocycles. The number of aromatic nitrogens is 3. The van der Waals surface area contributed by atoms with Crippen molar-refractivity contribution in [1.82, 2.24) is 9.97 Å². The molecule has 1 aliphatic heterocycles. The Labute approximate surface area is 128 Å². The summed E-state index contributed by atoms with van der Waals surface area (Å²) in [6.45, 7) is 1.74. The highest BCUT2D eigenvalue weighted by atomic mass is 19.1. The molecule has 1 aliphatic rings. The molecular formula is C17H20FN4+. The average molecular weight is 299 g/mol. The van der Waals surface area contributed by atoms with E-state index in [1.165, 1.54) is 0 Å². The monoisotopic (exact) mass is 299 g/mol. The summed E-state index contributed by atoms with van der Waals surface area (Å²) in [6.07, 6.45) is 4.90. The number of piperidine rings is 1. The van der Waals surface area contributed by atoms with Crippen molar-refractivity contribution >= 4 is 22.6 Å². The minimum Gasteiger partial charge on any atom is -0.343 e. The first kappa shape index (κ1) is 13.5. The smallest absolute Gasteiger partial charge is 0.343 e. The molecule has 0 amide bonds. The second-order valence-corrected chi connectivity index (χ2v) is 6.03. The van der Waals surface area contributed by atoms with Gasteiger partial charge in [0.05, 0.1) is 12.9 Å². The molecule has 0 radical (unpaired) electrons. The van der Waals surface area contributed by atoms with Gasteiger partial charge in [-0.1, -0.05) is 17.1 Å². The third-order valence-electron chi connectivity index (χ3n) is 4.69. The van der Waals surface area contributed by atoms with Crippen molar-refractivity contribution in [2.24, 2.45) is 5.92 Å². The Morgan fingerprint density at radius 3 is 2.86 bits per heavy atom. The van der Waals surface area contributed by atoms with Crippen LogP contribution in [0.4, 0.5) is 10.2 Å². The number of halogens is 1. The summed E-state index contributed by atoms with van der Waals surface area (Å²) in [7, 11) is 0. The summed E-state index contributed by atoms with van der Waals surface area (Å²) in [5.74, 6) is 2.40. The van der Waals surface area contributed by atoms with Gasteiger partial charge in [-0.2, -0.15) is 4.40 Å². The van der Waals surface area contributed by atoms with E-state index in [0.29, 0.717) is 12.3 Å². The fourth-order valence-corrected chi connectivity index (χ4v) is 3.39. The Balaban J connectivity index is 1.62. The van der Waals surface area contributed by atoms with E-state index in [9.17, 15) is 4.39 Å². The number of aromatic amines is 1. The van der Waals surface area contributed by atoms with E-state index in [4.69, 9.17) is 4.98 Å². The predicted molar refractivity (Wildman–Crippen MR) is 84.8 cm³/mol.